The van der Waals surface area contributed by atoms with Crippen LogP contribution in [-0.4, -0.2) is 58.6 Å². The first-order chi connectivity index (χ1) is 11.0. The van der Waals surface area contributed by atoms with E-state index in [1.54, 1.807) is 6.07 Å². The zero-order chi connectivity index (χ0) is 16.6. The van der Waals surface area contributed by atoms with Crippen LogP contribution in [0.15, 0.2) is 30.6 Å². The summed E-state index contributed by atoms with van der Waals surface area (Å²) < 4.78 is 3.59. The van der Waals surface area contributed by atoms with Crippen LogP contribution in [0.25, 0.3) is 5.69 Å². The number of benzene rings is 1. The Hall–Kier alpha value is -0.810. The molecule has 0 aliphatic carbocycles. The van der Waals surface area contributed by atoms with E-state index in [4.69, 9.17) is 0 Å². The van der Waals surface area contributed by atoms with Crippen molar-refractivity contribution in [3.05, 3.63) is 43.3 Å². The fraction of sp³-hybridized carbons (Fsp3) is 0.312. The second-order valence-corrected chi connectivity index (χ2v) is 7.84. The topological polar surface area (TPSA) is 48.7 Å². The number of rotatable bonds is 2. The summed E-state index contributed by atoms with van der Waals surface area (Å²) in [5.74, 6) is -0.0240. The van der Waals surface area contributed by atoms with Crippen LogP contribution in [0.2, 0.25) is 0 Å². The van der Waals surface area contributed by atoms with Gasteiger partial charge in [-0.2, -0.15) is 0 Å². The Morgan fingerprint density at radius 3 is 2.35 bits per heavy atom. The molecule has 1 N–H and O–H groups in total. The molecule has 122 valence electrons. The number of phenolic OH excluding ortho intramolecular Hbond substituents is 1. The first-order valence-corrected chi connectivity index (χ1v) is 9.47. The number of aromatic hydroxyl groups is 1. The van der Waals surface area contributed by atoms with Crippen LogP contribution in [0.1, 0.15) is 10.4 Å². The molecule has 1 amide bonds. The van der Waals surface area contributed by atoms with Gasteiger partial charge in [-0.15, -0.1) is 0 Å². The number of likely N-dealkylation sites (N-methyl/N-ethyl adjacent to an activating group) is 1. The van der Waals surface area contributed by atoms with Crippen LogP contribution in [-0.2, 0) is 0 Å². The molecule has 23 heavy (non-hydrogen) atoms. The van der Waals surface area contributed by atoms with Gasteiger partial charge in [0.15, 0.2) is 0 Å². The highest BCUT2D eigenvalue weighted by Crippen LogP contribution is 2.34. The molecule has 1 aliphatic heterocycles. The van der Waals surface area contributed by atoms with Gasteiger partial charge in [-0.1, -0.05) is 0 Å². The van der Waals surface area contributed by atoms with E-state index in [0.717, 1.165) is 22.3 Å². The number of nitrogens with zero attached hydrogens (tertiary/aromatic N) is 3. The number of carbonyl (C=O) groups is 1. The van der Waals surface area contributed by atoms with Crippen molar-refractivity contribution >= 4 is 51.1 Å². The molecule has 0 atom stereocenters. The van der Waals surface area contributed by atoms with Crippen LogP contribution in [0.3, 0.4) is 0 Å². The quantitative estimate of drug-likeness (QED) is 0.601. The molecule has 7 heteroatoms. The molecule has 1 aliphatic rings. The molecule has 2 aromatic rings. The average Bonchev–Trinajstić information content (AvgIpc) is 3.05. The second kappa shape index (κ2) is 6.98. The van der Waals surface area contributed by atoms with Crippen molar-refractivity contribution < 1.29 is 9.90 Å². The van der Waals surface area contributed by atoms with Crippen molar-refractivity contribution in [3.8, 4) is 11.4 Å². The molecule has 3 rings (SSSR count). The fourth-order valence-corrected chi connectivity index (χ4v) is 4.90. The molecule has 0 radical (unpaired) electrons. The van der Waals surface area contributed by atoms with Gasteiger partial charge >= 0.3 is 0 Å². The lowest BCUT2D eigenvalue weighted by Crippen LogP contribution is -2.47. The number of piperazine rings is 1. The summed E-state index contributed by atoms with van der Waals surface area (Å²) in [6.07, 6.45) is 3.86. The van der Waals surface area contributed by atoms with E-state index in [0.29, 0.717) is 22.2 Å². The van der Waals surface area contributed by atoms with Gasteiger partial charge in [-0.05, 0) is 70.4 Å². The number of hydrogen-bond acceptors (Lipinski definition) is 3. The van der Waals surface area contributed by atoms with Gasteiger partial charge in [0.2, 0.25) is 0 Å². The molecule has 2 heterocycles. The normalized spacial score (nSPS) is 15.9. The lowest BCUT2D eigenvalue weighted by molar-refractivity contribution is 0.0661. The Bertz CT molecular complexity index is 723. The van der Waals surface area contributed by atoms with Gasteiger partial charge in [-0.3, -0.25) is 4.79 Å². The third kappa shape index (κ3) is 3.36. The standard InChI is InChI=1S/C16H17I2N3O2/c1-19-6-8-21(9-7-19)16(23)11-10-12(17)14(13(18)15(11)22)20-4-2-3-5-20/h2-5,10,22H,6-9H2,1H3. The predicted octanol–water partition coefficient (Wildman–Crippen LogP) is 2.78. The van der Waals surface area contributed by atoms with Crippen molar-refractivity contribution in [1.82, 2.24) is 14.4 Å². The number of hydrogen-bond donors (Lipinski definition) is 1. The minimum Gasteiger partial charge on any atom is -0.506 e. The SMILES string of the molecule is CN1CCN(C(=O)c2cc(I)c(-n3cccc3)c(I)c2O)CC1. The summed E-state index contributed by atoms with van der Waals surface area (Å²) in [4.78, 5) is 16.8. The van der Waals surface area contributed by atoms with Gasteiger partial charge in [0, 0.05) is 42.1 Å². The monoisotopic (exact) mass is 537 g/mol. The van der Waals surface area contributed by atoms with Crippen molar-refractivity contribution in [2.75, 3.05) is 33.2 Å². The molecule has 1 fully saturated rings. The highest BCUT2D eigenvalue weighted by Gasteiger charge is 2.26. The van der Waals surface area contributed by atoms with Crippen LogP contribution in [0.4, 0.5) is 0 Å². The van der Waals surface area contributed by atoms with E-state index in [1.807, 2.05) is 34.0 Å². The lowest BCUT2D eigenvalue weighted by Gasteiger charge is -2.32. The highest BCUT2D eigenvalue weighted by atomic mass is 127. The summed E-state index contributed by atoms with van der Waals surface area (Å²) in [5, 5.41) is 10.6. The van der Waals surface area contributed by atoms with E-state index in [1.165, 1.54) is 0 Å². The summed E-state index contributed by atoms with van der Waals surface area (Å²) in [6, 6.07) is 5.66. The van der Waals surface area contributed by atoms with E-state index in [2.05, 4.69) is 57.1 Å². The molecule has 0 unspecified atom stereocenters. The molecule has 0 spiro atoms. The Morgan fingerprint density at radius 1 is 1.13 bits per heavy atom. The van der Waals surface area contributed by atoms with Crippen molar-refractivity contribution in [2.45, 2.75) is 0 Å². The van der Waals surface area contributed by atoms with E-state index < -0.39 is 0 Å². The summed E-state index contributed by atoms with van der Waals surface area (Å²) in [5.41, 5.74) is 1.29. The minimum absolute atomic E-state index is 0.0682. The number of aromatic nitrogens is 1. The smallest absolute Gasteiger partial charge is 0.257 e. The molecule has 1 aromatic heterocycles. The van der Waals surface area contributed by atoms with Crippen molar-refractivity contribution in [3.63, 3.8) is 0 Å². The van der Waals surface area contributed by atoms with Crippen LogP contribution in [0, 0.1) is 7.14 Å². The molecule has 1 saturated heterocycles. The van der Waals surface area contributed by atoms with Gasteiger partial charge in [0.1, 0.15) is 5.75 Å². The summed E-state index contributed by atoms with van der Waals surface area (Å²) in [6.45, 7) is 3.12. The molecular weight excluding hydrogens is 520 g/mol. The predicted molar refractivity (Wildman–Crippen MR) is 106 cm³/mol. The summed E-state index contributed by atoms with van der Waals surface area (Å²) >= 11 is 4.33. The number of amides is 1. The van der Waals surface area contributed by atoms with Crippen LogP contribution >= 0.6 is 45.2 Å². The second-order valence-electron chi connectivity index (χ2n) is 5.60. The van der Waals surface area contributed by atoms with Gasteiger partial charge < -0.3 is 19.5 Å². The molecular formula is C16H17I2N3O2. The summed E-state index contributed by atoms with van der Waals surface area (Å²) in [7, 11) is 2.05. The third-order valence-electron chi connectivity index (χ3n) is 4.05. The highest BCUT2D eigenvalue weighted by molar-refractivity contribution is 14.1. The van der Waals surface area contributed by atoms with E-state index in [-0.39, 0.29) is 11.7 Å². The Morgan fingerprint density at radius 2 is 1.74 bits per heavy atom. The largest absolute Gasteiger partial charge is 0.506 e. The Labute approximate surface area is 162 Å². The zero-order valence-electron chi connectivity index (χ0n) is 12.7. The van der Waals surface area contributed by atoms with Gasteiger partial charge in [0.25, 0.3) is 5.91 Å². The number of phenols is 1. The fourth-order valence-electron chi connectivity index (χ4n) is 2.66. The van der Waals surface area contributed by atoms with Crippen molar-refractivity contribution in [2.24, 2.45) is 0 Å². The molecule has 0 bridgehead atoms. The minimum atomic E-state index is -0.0921. The third-order valence-corrected chi connectivity index (χ3v) is 5.90. The molecule has 1 aromatic carbocycles. The lowest BCUT2D eigenvalue weighted by atomic mass is 10.1. The maximum absolute atomic E-state index is 12.8. The average molecular weight is 537 g/mol. The number of halogens is 2. The maximum Gasteiger partial charge on any atom is 0.257 e. The zero-order valence-corrected chi connectivity index (χ0v) is 17.0. The first-order valence-electron chi connectivity index (χ1n) is 7.31. The Balaban J connectivity index is 1.96. The van der Waals surface area contributed by atoms with Gasteiger partial charge in [0.05, 0.1) is 14.8 Å². The molecule has 5 nitrogen and oxygen atoms in total. The van der Waals surface area contributed by atoms with E-state index >= 15 is 0 Å². The Kier molecular flexibility index (Phi) is 5.16. The number of carbonyl (C=O) groups excluding carboxylic acids is 1. The van der Waals surface area contributed by atoms with Crippen LogP contribution < -0.4 is 0 Å². The van der Waals surface area contributed by atoms with Crippen LogP contribution in [0.5, 0.6) is 5.75 Å². The van der Waals surface area contributed by atoms with Gasteiger partial charge in [-0.25, -0.2) is 0 Å². The maximum atomic E-state index is 12.8. The first kappa shape index (κ1) is 17.0. The van der Waals surface area contributed by atoms with Crippen molar-refractivity contribution in [1.29, 1.82) is 0 Å². The van der Waals surface area contributed by atoms with E-state index in [9.17, 15) is 9.90 Å². The molecule has 0 saturated carbocycles.